The molecule has 2 atom stereocenters. The maximum Gasteiger partial charge on any atom is 0.231 e. The lowest BCUT2D eigenvalue weighted by Gasteiger charge is -2.37. The van der Waals surface area contributed by atoms with Crippen LogP contribution in [0.1, 0.15) is 29.2 Å². The highest BCUT2D eigenvalue weighted by molar-refractivity contribution is 5.61. The molecule has 2 aliphatic heterocycles. The molecule has 150 valence electrons. The Morgan fingerprint density at radius 3 is 2.86 bits per heavy atom. The monoisotopic (exact) mass is 385 g/mol. The summed E-state index contributed by atoms with van der Waals surface area (Å²) in [5, 5.41) is 10.9. The number of likely N-dealkylation sites (N-methyl/N-ethyl adjacent to an activating group) is 1. The van der Waals surface area contributed by atoms with Gasteiger partial charge < -0.3 is 24.1 Å². The van der Waals surface area contributed by atoms with Gasteiger partial charge in [-0.15, -0.1) is 0 Å². The average molecular weight is 385 g/mol. The summed E-state index contributed by atoms with van der Waals surface area (Å²) in [7, 11) is 5.41. The van der Waals surface area contributed by atoms with Crippen LogP contribution in [0.5, 0.6) is 23.0 Å². The molecule has 0 spiro atoms. The first-order valence-corrected chi connectivity index (χ1v) is 9.61. The number of rotatable bonds is 6. The zero-order valence-corrected chi connectivity index (χ0v) is 16.6. The van der Waals surface area contributed by atoms with Gasteiger partial charge in [-0.25, -0.2) is 0 Å². The van der Waals surface area contributed by atoms with Crippen molar-refractivity contribution in [3.63, 3.8) is 0 Å². The number of aliphatic hydroxyl groups is 1. The van der Waals surface area contributed by atoms with E-state index in [2.05, 4.69) is 18.0 Å². The van der Waals surface area contributed by atoms with Gasteiger partial charge in [-0.3, -0.25) is 4.90 Å². The third-order valence-electron chi connectivity index (χ3n) is 5.65. The summed E-state index contributed by atoms with van der Waals surface area (Å²) in [6.07, 6.45) is 1.61. The van der Waals surface area contributed by atoms with Crippen molar-refractivity contribution in [2.45, 2.75) is 31.4 Å². The minimum atomic E-state index is -0.486. The van der Waals surface area contributed by atoms with Crippen molar-refractivity contribution < 1.29 is 24.1 Å². The van der Waals surface area contributed by atoms with Crippen LogP contribution in [0.3, 0.4) is 0 Å². The molecular weight excluding hydrogens is 358 g/mol. The molecule has 2 aromatic carbocycles. The van der Waals surface area contributed by atoms with Gasteiger partial charge in [0.1, 0.15) is 5.75 Å². The van der Waals surface area contributed by atoms with E-state index in [9.17, 15) is 5.11 Å². The summed E-state index contributed by atoms with van der Waals surface area (Å²) in [5.41, 5.74) is 3.37. The molecule has 6 nitrogen and oxygen atoms in total. The fraction of sp³-hybridized carbons (Fsp3) is 0.455. The Morgan fingerprint density at radius 2 is 2.07 bits per heavy atom. The van der Waals surface area contributed by atoms with E-state index in [-0.39, 0.29) is 12.8 Å². The number of nitrogens with zero attached hydrogens (tertiary/aromatic N) is 1. The first kappa shape index (κ1) is 18.9. The highest BCUT2D eigenvalue weighted by Gasteiger charge is 2.34. The average Bonchev–Trinajstić information content (AvgIpc) is 3.17. The van der Waals surface area contributed by atoms with Gasteiger partial charge in [-0.1, -0.05) is 12.1 Å². The number of hydrogen-bond acceptors (Lipinski definition) is 6. The van der Waals surface area contributed by atoms with Gasteiger partial charge in [0, 0.05) is 18.2 Å². The van der Waals surface area contributed by atoms with Crippen LogP contribution in [0.15, 0.2) is 30.3 Å². The van der Waals surface area contributed by atoms with Crippen LogP contribution in [0.2, 0.25) is 0 Å². The van der Waals surface area contributed by atoms with Crippen molar-refractivity contribution in [1.82, 2.24) is 4.90 Å². The fourth-order valence-corrected chi connectivity index (χ4v) is 4.24. The van der Waals surface area contributed by atoms with Crippen molar-refractivity contribution in [3.05, 3.63) is 47.0 Å². The Labute approximate surface area is 165 Å². The highest BCUT2D eigenvalue weighted by Crippen LogP contribution is 2.50. The van der Waals surface area contributed by atoms with Gasteiger partial charge in [0.2, 0.25) is 12.5 Å². The number of hydrogen-bond donors (Lipinski definition) is 1. The van der Waals surface area contributed by atoms with E-state index in [0.29, 0.717) is 18.6 Å². The SMILES string of the molecule is COc1cccc(CC(O)CC2c3c(cc4c(c3OC)OCO4)CCN2C)c1. The lowest BCUT2D eigenvalue weighted by atomic mass is 9.87. The summed E-state index contributed by atoms with van der Waals surface area (Å²) in [6, 6.07) is 9.97. The van der Waals surface area contributed by atoms with Crippen molar-refractivity contribution in [2.75, 3.05) is 34.6 Å². The van der Waals surface area contributed by atoms with Gasteiger partial charge in [0.15, 0.2) is 11.5 Å². The Morgan fingerprint density at radius 1 is 1.21 bits per heavy atom. The number of methoxy groups -OCH3 is 2. The lowest BCUT2D eigenvalue weighted by molar-refractivity contribution is 0.107. The van der Waals surface area contributed by atoms with E-state index >= 15 is 0 Å². The van der Waals surface area contributed by atoms with E-state index in [1.54, 1.807) is 14.2 Å². The third-order valence-corrected chi connectivity index (χ3v) is 5.65. The number of benzene rings is 2. The van der Waals surface area contributed by atoms with Crippen LogP contribution in [-0.2, 0) is 12.8 Å². The molecule has 0 radical (unpaired) electrons. The van der Waals surface area contributed by atoms with Crippen molar-refractivity contribution >= 4 is 0 Å². The minimum absolute atomic E-state index is 0.0498. The number of aliphatic hydroxyl groups excluding tert-OH is 1. The van der Waals surface area contributed by atoms with Gasteiger partial charge in [-0.2, -0.15) is 0 Å². The zero-order valence-electron chi connectivity index (χ0n) is 16.6. The zero-order chi connectivity index (χ0) is 19.7. The van der Waals surface area contributed by atoms with Crippen molar-refractivity contribution in [2.24, 2.45) is 0 Å². The number of ether oxygens (including phenoxy) is 4. The standard InChI is InChI=1S/C22H27NO5/c1-23-8-7-15-11-19-21(28-13-27-19)22(26-3)20(15)18(23)12-16(24)9-14-5-4-6-17(10-14)25-2/h4-6,10-11,16,18,24H,7-9,12-13H2,1-3H3. The first-order chi connectivity index (χ1) is 13.6. The molecule has 0 fully saturated rings. The van der Waals surface area contributed by atoms with E-state index < -0.39 is 6.10 Å². The number of fused-ring (bicyclic) bond motifs is 2. The van der Waals surface area contributed by atoms with E-state index in [0.717, 1.165) is 41.3 Å². The normalized spacial score (nSPS) is 19.2. The summed E-state index contributed by atoms with van der Waals surface area (Å²) in [6.45, 7) is 1.14. The predicted molar refractivity (Wildman–Crippen MR) is 106 cm³/mol. The van der Waals surface area contributed by atoms with Crippen molar-refractivity contribution in [1.29, 1.82) is 0 Å². The van der Waals surface area contributed by atoms with E-state index in [1.165, 1.54) is 5.56 Å². The molecule has 2 unspecified atom stereocenters. The van der Waals surface area contributed by atoms with Crippen molar-refractivity contribution in [3.8, 4) is 23.0 Å². The molecular formula is C22H27NO5. The summed E-state index contributed by atoms with van der Waals surface area (Å²) >= 11 is 0. The lowest BCUT2D eigenvalue weighted by Crippen LogP contribution is -2.35. The van der Waals surface area contributed by atoms with Crippen LogP contribution in [0.4, 0.5) is 0 Å². The third kappa shape index (κ3) is 3.50. The topological polar surface area (TPSA) is 60.4 Å². The van der Waals surface area contributed by atoms with Gasteiger partial charge >= 0.3 is 0 Å². The molecule has 4 rings (SSSR count). The van der Waals surface area contributed by atoms with Crippen LogP contribution >= 0.6 is 0 Å². The Bertz CT molecular complexity index is 853. The molecule has 0 aliphatic carbocycles. The summed E-state index contributed by atoms with van der Waals surface area (Å²) in [4.78, 5) is 2.28. The van der Waals surface area contributed by atoms with E-state index in [1.807, 2.05) is 24.3 Å². The second-order valence-electron chi connectivity index (χ2n) is 7.41. The quantitative estimate of drug-likeness (QED) is 0.825. The van der Waals surface area contributed by atoms with Crippen LogP contribution in [-0.4, -0.2) is 50.7 Å². The molecule has 6 heteroatoms. The predicted octanol–water partition coefficient (Wildman–Crippen LogP) is 2.96. The summed E-state index contributed by atoms with van der Waals surface area (Å²) in [5.74, 6) is 2.95. The molecule has 28 heavy (non-hydrogen) atoms. The van der Waals surface area contributed by atoms with Gasteiger partial charge in [-0.05, 0) is 55.6 Å². The highest BCUT2D eigenvalue weighted by atomic mass is 16.7. The Kier molecular flexibility index (Phi) is 5.33. The maximum atomic E-state index is 10.9. The molecule has 2 aliphatic rings. The molecule has 2 aromatic rings. The first-order valence-electron chi connectivity index (χ1n) is 9.61. The Hall–Kier alpha value is -2.44. The second kappa shape index (κ2) is 7.89. The Balaban J connectivity index is 1.60. The van der Waals surface area contributed by atoms with Gasteiger partial charge in [0.05, 0.1) is 20.3 Å². The second-order valence-corrected chi connectivity index (χ2v) is 7.41. The van der Waals surface area contributed by atoms with Crippen LogP contribution < -0.4 is 18.9 Å². The smallest absolute Gasteiger partial charge is 0.231 e. The molecule has 0 aromatic heterocycles. The minimum Gasteiger partial charge on any atom is -0.497 e. The molecule has 0 saturated heterocycles. The maximum absolute atomic E-state index is 10.9. The van der Waals surface area contributed by atoms with Crippen LogP contribution in [0.25, 0.3) is 0 Å². The van der Waals surface area contributed by atoms with E-state index in [4.69, 9.17) is 18.9 Å². The molecule has 0 amide bonds. The fourth-order valence-electron chi connectivity index (χ4n) is 4.24. The molecule has 0 saturated carbocycles. The molecule has 0 bridgehead atoms. The molecule has 1 N–H and O–H groups in total. The molecule has 2 heterocycles. The summed E-state index contributed by atoms with van der Waals surface area (Å²) < 4.78 is 22.3. The van der Waals surface area contributed by atoms with Gasteiger partial charge in [0.25, 0.3) is 0 Å². The largest absolute Gasteiger partial charge is 0.497 e. The van der Waals surface area contributed by atoms with Crippen LogP contribution in [0, 0.1) is 0 Å².